The summed E-state index contributed by atoms with van der Waals surface area (Å²) in [5.74, 6) is 1.55. The van der Waals surface area contributed by atoms with Gasteiger partial charge < -0.3 is 22.8 Å². The minimum atomic E-state index is -0.672. The first-order chi connectivity index (χ1) is 13.4. The second kappa shape index (κ2) is 11.2. The molecule has 0 aliphatic carbocycles. The Morgan fingerprint density at radius 3 is 1.64 bits per heavy atom. The van der Waals surface area contributed by atoms with E-state index in [1.165, 1.54) is 0 Å². The van der Waals surface area contributed by atoms with E-state index in [0.29, 0.717) is 11.5 Å². The van der Waals surface area contributed by atoms with Crippen LogP contribution in [0.2, 0.25) is 0 Å². The fraction of sp³-hybridized carbons (Fsp3) is 0.429. The zero-order valence-corrected chi connectivity index (χ0v) is 18.9. The van der Waals surface area contributed by atoms with Crippen molar-refractivity contribution in [2.45, 2.75) is 31.5 Å². The van der Waals surface area contributed by atoms with Crippen LogP contribution in [-0.4, -0.2) is 48.1 Å². The van der Waals surface area contributed by atoms with E-state index < -0.39 is 12.2 Å². The third-order valence-corrected chi connectivity index (χ3v) is 5.19. The molecule has 0 fully saturated rings. The summed E-state index contributed by atoms with van der Waals surface area (Å²) in [6.07, 6.45) is -1.33. The first-order valence-corrected chi connectivity index (χ1v) is 10.4. The maximum atomic E-state index is 9.66. The molecule has 2 aromatic carbocycles. The SMILES string of the molecule is CC(C)(c1ccc(OC[C@H](O)CCl)cc1)c1ccc(OC[C@@H](O)COI)cc1. The Kier molecular flexibility index (Phi) is 9.30. The summed E-state index contributed by atoms with van der Waals surface area (Å²) >= 11 is 7.32. The smallest absolute Gasteiger partial charge is 0.119 e. The van der Waals surface area contributed by atoms with Gasteiger partial charge in [-0.1, -0.05) is 38.1 Å². The second-order valence-electron chi connectivity index (χ2n) is 7.03. The zero-order valence-electron chi connectivity index (χ0n) is 16.0. The monoisotopic (exact) mass is 520 g/mol. The highest BCUT2D eigenvalue weighted by atomic mass is 127. The molecule has 0 bridgehead atoms. The highest BCUT2D eigenvalue weighted by molar-refractivity contribution is 14.1. The molecule has 154 valence electrons. The van der Waals surface area contributed by atoms with Gasteiger partial charge in [-0.05, 0) is 35.4 Å². The maximum absolute atomic E-state index is 9.66. The van der Waals surface area contributed by atoms with Crippen LogP contribution in [0.1, 0.15) is 25.0 Å². The molecule has 2 aromatic rings. The van der Waals surface area contributed by atoms with Crippen LogP contribution in [0, 0.1) is 0 Å². The number of halogens is 2. The standard InChI is InChI=1S/C21H26ClIO5/c1-21(2,15-3-7-19(8-4-15)26-12-17(24)11-22)16-5-9-20(10-6-16)27-13-18(25)14-28-23/h3-10,17-18,24-25H,11-14H2,1-2H3/t17-,18-/m1/s1. The van der Waals surface area contributed by atoms with E-state index in [1.54, 1.807) is 23.0 Å². The fourth-order valence-electron chi connectivity index (χ4n) is 2.65. The molecular formula is C21H26ClIO5. The highest BCUT2D eigenvalue weighted by Gasteiger charge is 2.23. The molecule has 0 aromatic heterocycles. The topological polar surface area (TPSA) is 68.2 Å². The van der Waals surface area contributed by atoms with Gasteiger partial charge in [0.1, 0.15) is 59.9 Å². The van der Waals surface area contributed by atoms with E-state index in [-0.39, 0.29) is 31.1 Å². The molecule has 0 spiro atoms. The summed E-state index contributed by atoms with van der Waals surface area (Å²) < 4.78 is 16.0. The molecule has 2 N–H and O–H groups in total. The summed E-state index contributed by atoms with van der Waals surface area (Å²) in [6.45, 7) is 4.89. The van der Waals surface area contributed by atoms with Crippen molar-refractivity contribution in [2.24, 2.45) is 0 Å². The van der Waals surface area contributed by atoms with Gasteiger partial charge in [-0.25, -0.2) is 0 Å². The fourth-order valence-corrected chi connectivity index (χ4v) is 3.16. The average Bonchev–Trinajstić information content (AvgIpc) is 2.71. The van der Waals surface area contributed by atoms with Gasteiger partial charge >= 0.3 is 0 Å². The van der Waals surface area contributed by atoms with Crippen LogP contribution in [0.3, 0.4) is 0 Å². The average molecular weight is 521 g/mol. The lowest BCUT2D eigenvalue weighted by atomic mass is 9.78. The van der Waals surface area contributed by atoms with Gasteiger partial charge in [-0.3, -0.25) is 0 Å². The first-order valence-electron chi connectivity index (χ1n) is 8.99. The molecule has 0 unspecified atom stereocenters. The van der Waals surface area contributed by atoms with Crippen LogP contribution in [0.15, 0.2) is 48.5 Å². The number of benzene rings is 2. The number of hydrogen-bond donors (Lipinski definition) is 2. The highest BCUT2D eigenvalue weighted by Crippen LogP contribution is 2.33. The van der Waals surface area contributed by atoms with E-state index in [1.807, 2.05) is 48.5 Å². The van der Waals surface area contributed by atoms with Gasteiger partial charge in [-0.2, -0.15) is 0 Å². The summed E-state index contributed by atoms with van der Waals surface area (Å²) in [5, 5.41) is 19.1. The van der Waals surface area contributed by atoms with Gasteiger partial charge in [0.25, 0.3) is 0 Å². The van der Waals surface area contributed by atoms with E-state index in [0.717, 1.165) is 11.1 Å². The van der Waals surface area contributed by atoms with Crippen LogP contribution in [0.4, 0.5) is 0 Å². The third-order valence-electron chi connectivity index (χ3n) is 4.47. The number of ether oxygens (including phenoxy) is 2. The Labute approximate surface area is 185 Å². The summed E-state index contributed by atoms with van der Waals surface area (Å²) in [7, 11) is 0. The van der Waals surface area contributed by atoms with Gasteiger partial charge in [-0.15, -0.1) is 11.6 Å². The number of rotatable bonds is 11. The van der Waals surface area contributed by atoms with E-state index in [2.05, 4.69) is 13.8 Å². The molecular weight excluding hydrogens is 495 g/mol. The summed E-state index contributed by atoms with van der Waals surface area (Å²) in [4.78, 5) is 0. The van der Waals surface area contributed by atoms with Crippen molar-refractivity contribution in [3.63, 3.8) is 0 Å². The second-order valence-corrected chi connectivity index (χ2v) is 7.96. The minimum absolute atomic E-state index is 0.149. The lowest BCUT2D eigenvalue weighted by Crippen LogP contribution is -2.22. The molecule has 2 atom stereocenters. The normalized spacial score (nSPS) is 13.8. The van der Waals surface area contributed by atoms with Crippen LogP contribution in [-0.2, 0) is 8.48 Å². The van der Waals surface area contributed by atoms with Crippen molar-refractivity contribution in [3.8, 4) is 11.5 Å². The quantitative estimate of drug-likeness (QED) is 0.345. The Hall–Kier alpha value is -1.06. The lowest BCUT2D eigenvalue weighted by molar-refractivity contribution is 0.0768. The van der Waals surface area contributed by atoms with Crippen LogP contribution in [0.5, 0.6) is 11.5 Å². The molecule has 28 heavy (non-hydrogen) atoms. The van der Waals surface area contributed by atoms with Crippen molar-refractivity contribution >= 4 is 34.6 Å². The Morgan fingerprint density at radius 2 is 1.25 bits per heavy atom. The molecule has 0 saturated heterocycles. The molecule has 0 saturated carbocycles. The van der Waals surface area contributed by atoms with Crippen molar-refractivity contribution in [2.75, 3.05) is 25.7 Å². The molecule has 0 aliphatic rings. The first kappa shape index (κ1) is 23.2. The molecule has 0 aliphatic heterocycles. The van der Waals surface area contributed by atoms with Gasteiger partial charge in [0.05, 0.1) is 12.5 Å². The summed E-state index contributed by atoms with van der Waals surface area (Å²) in [5.41, 5.74) is 2.07. The number of aliphatic hydroxyl groups is 2. The molecule has 0 heterocycles. The molecule has 5 nitrogen and oxygen atoms in total. The van der Waals surface area contributed by atoms with Crippen molar-refractivity contribution in [3.05, 3.63) is 59.7 Å². The Balaban J connectivity index is 2.01. The van der Waals surface area contributed by atoms with E-state index >= 15 is 0 Å². The van der Waals surface area contributed by atoms with Gasteiger partial charge in [0.15, 0.2) is 0 Å². The number of alkyl halides is 1. The predicted octanol–water partition coefficient (Wildman–Crippen LogP) is 4.10. The molecule has 0 radical (unpaired) electrons. The Bertz CT molecular complexity index is 706. The predicted molar refractivity (Wildman–Crippen MR) is 119 cm³/mol. The third kappa shape index (κ3) is 6.77. The Morgan fingerprint density at radius 1 is 0.821 bits per heavy atom. The van der Waals surface area contributed by atoms with Gasteiger partial charge in [0.2, 0.25) is 0 Å². The lowest BCUT2D eigenvalue weighted by Gasteiger charge is -2.26. The van der Waals surface area contributed by atoms with E-state index in [9.17, 15) is 10.2 Å². The number of aliphatic hydroxyl groups excluding tert-OH is 2. The summed E-state index contributed by atoms with van der Waals surface area (Å²) in [6, 6.07) is 15.7. The maximum Gasteiger partial charge on any atom is 0.119 e. The largest absolute Gasteiger partial charge is 0.491 e. The van der Waals surface area contributed by atoms with Crippen LogP contribution >= 0.6 is 34.6 Å². The zero-order chi connectivity index (χ0) is 20.6. The van der Waals surface area contributed by atoms with Crippen molar-refractivity contribution in [1.29, 1.82) is 0 Å². The molecule has 0 amide bonds. The molecule has 2 rings (SSSR count). The number of hydrogen-bond acceptors (Lipinski definition) is 5. The molecule has 7 heteroatoms. The van der Waals surface area contributed by atoms with Gasteiger partial charge in [0, 0.05) is 5.41 Å². The van der Waals surface area contributed by atoms with Crippen molar-refractivity contribution < 1.29 is 22.8 Å². The minimum Gasteiger partial charge on any atom is -0.491 e. The van der Waals surface area contributed by atoms with Crippen LogP contribution < -0.4 is 9.47 Å². The van der Waals surface area contributed by atoms with Crippen molar-refractivity contribution in [1.82, 2.24) is 0 Å². The van der Waals surface area contributed by atoms with Crippen LogP contribution in [0.25, 0.3) is 0 Å². The van der Waals surface area contributed by atoms with E-state index in [4.69, 9.17) is 24.1 Å².